The van der Waals surface area contributed by atoms with E-state index >= 15 is 0 Å². The molecule has 2 rings (SSSR count). The average Bonchev–Trinajstić information content (AvgIpc) is 2.64. The molecule has 1 aromatic carbocycles. The van der Waals surface area contributed by atoms with E-state index in [4.69, 9.17) is 0 Å². The van der Waals surface area contributed by atoms with Crippen LogP contribution in [0.5, 0.6) is 0 Å². The molecule has 1 aromatic heterocycles. The summed E-state index contributed by atoms with van der Waals surface area (Å²) < 4.78 is 0. The lowest BCUT2D eigenvalue weighted by Gasteiger charge is -2.01. The van der Waals surface area contributed by atoms with Gasteiger partial charge in [0.05, 0.1) is 17.6 Å². The smallest absolute Gasteiger partial charge is 0.310 e. The summed E-state index contributed by atoms with van der Waals surface area (Å²) in [5, 5.41) is 2.97. The Hall–Kier alpha value is -1.88. The summed E-state index contributed by atoms with van der Waals surface area (Å²) in [5.74, 6) is 0.0193. The van der Waals surface area contributed by atoms with Crippen LogP contribution >= 0.6 is 0 Å². The SMILES string of the molecule is CCNCC(=O)c1ccc2[nH]c(=O)[nH]c2c1. The minimum Gasteiger partial charge on any atom is -0.310 e. The van der Waals surface area contributed by atoms with Crippen molar-refractivity contribution >= 4 is 16.8 Å². The molecule has 0 fully saturated rings. The highest BCUT2D eigenvalue weighted by atomic mass is 16.1. The molecular formula is C11H13N3O2. The lowest BCUT2D eigenvalue weighted by atomic mass is 10.1. The van der Waals surface area contributed by atoms with Crippen molar-refractivity contribution in [2.75, 3.05) is 13.1 Å². The van der Waals surface area contributed by atoms with Gasteiger partial charge in [0.1, 0.15) is 0 Å². The van der Waals surface area contributed by atoms with Crippen molar-refractivity contribution in [1.29, 1.82) is 0 Å². The third-order valence-electron chi connectivity index (χ3n) is 2.37. The molecule has 0 saturated heterocycles. The molecule has 0 saturated carbocycles. The van der Waals surface area contributed by atoms with Crippen molar-refractivity contribution in [3.8, 4) is 0 Å². The standard InChI is InChI=1S/C11H13N3O2/c1-2-12-6-10(15)7-3-4-8-9(5-7)14-11(16)13-8/h3-5,12H,2,6H2,1H3,(H2,13,14,16). The molecule has 0 aliphatic carbocycles. The third-order valence-corrected chi connectivity index (χ3v) is 2.37. The fourth-order valence-electron chi connectivity index (χ4n) is 1.55. The fraction of sp³-hybridized carbons (Fsp3) is 0.273. The number of hydrogen-bond donors (Lipinski definition) is 3. The van der Waals surface area contributed by atoms with Gasteiger partial charge in [-0.05, 0) is 24.7 Å². The summed E-state index contributed by atoms with van der Waals surface area (Å²) >= 11 is 0. The zero-order chi connectivity index (χ0) is 11.5. The molecule has 0 amide bonds. The van der Waals surface area contributed by atoms with E-state index in [1.807, 2.05) is 6.92 Å². The fourth-order valence-corrected chi connectivity index (χ4v) is 1.55. The van der Waals surface area contributed by atoms with Gasteiger partial charge in [-0.2, -0.15) is 0 Å². The maximum atomic E-state index is 11.7. The van der Waals surface area contributed by atoms with Gasteiger partial charge in [0.2, 0.25) is 0 Å². The maximum absolute atomic E-state index is 11.7. The van der Waals surface area contributed by atoms with Crippen LogP contribution in [-0.4, -0.2) is 28.8 Å². The van der Waals surface area contributed by atoms with E-state index < -0.39 is 0 Å². The first kappa shape index (κ1) is 10.6. The number of aromatic nitrogens is 2. The molecule has 0 aliphatic heterocycles. The molecule has 0 aliphatic rings. The topological polar surface area (TPSA) is 77.8 Å². The Morgan fingerprint density at radius 2 is 2.06 bits per heavy atom. The second-order valence-electron chi connectivity index (χ2n) is 3.54. The van der Waals surface area contributed by atoms with Gasteiger partial charge in [-0.15, -0.1) is 0 Å². The molecule has 84 valence electrons. The summed E-state index contributed by atoms with van der Waals surface area (Å²) in [5.41, 5.74) is 1.72. The van der Waals surface area contributed by atoms with E-state index in [0.29, 0.717) is 23.1 Å². The summed E-state index contributed by atoms with van der Waals surface area (Å²) in [6, 6.07) is 5.13. The molecule has 2 aromatic rings. The predicted molar refractivity (Wildman–Crippen MR) is 61.8 cm³/mol. The first-order valence-corrected chi connectivity index (χ1v) is 5.16. The average molecular weight is 219 g/mol. The number of benzene rings is 1. The number of likely N-dealkylation sites (N-methyl/N-ethyl adjacent to an activating group) is 1. The number of Topliss-reactive ketones (excluding diaryl/α,β-unsaturated/α-hetero) is 1. The molecular weight excluding hydrogens is 206 g/mol. The highest BCUT2D eigenvalue weighted by Crippen LogP contribution is 2.10. The molecule has 0 spiro atoms. The number of hydrogen-bond acceptors (Lipinski definition) is 3. The zero-order valence-electron chi connectivity index (χ0n) is 8.96. The number of nitrogens with one attached hydrogen (secondary N) is 3. The van der Waals surface area contributed by atoms with E-state index in [1.165, 1.54) is 0 Å². The van der Waals surface area contributed by atoms with Gasteiger partial charge in [0.25, 0.3) is 0 Å². The van der Waals surface area contributed by atoms with E-state index in [0.717, 1.165) is 6.54 Å². The first-order valence-electron chi connectivity index (χ1n) is 5.16. The van der Waals surface area contributed by atoms with E-state index in [1.54, 1.807) is 18.2 Å². The van der Waals surface area contributed by atoms with Gasteiger partial charge in [-0.3, -0.25) is 4.79 Å². The molecule has 5 heteroatoms. The molecule has 0 radical (unpaired) electrons. The van der Waals surface area contributed by atoms with Crippen molar-refractivity contribution in [3.05, 3.63) is 34.2 Å². The number of rotatable bonds is 4. The summed E-state index contributed by atoms with van der Waals surface area (Å²) in [6.07, 6.45) is 0. The molecule has 0 unspecified atom stereocenters. The molecule has 5 nitrogen and oxygen atoms in total. The number of H-pyrrole nitrogens is 2. The first-order chi connectivity index (χ1) is 7.70. The summed E-state index contributed by atoms with van der Waals surface area (Å²) in [7, 11) is 0. The Labute approximate surface area is 91.9 Å². The summed E-state index contributed by atoms with van der Waals surface area (Å²) in [4.78, 5) is 28.0. The second-order valence-corrected chi connectivity index (χ2v) is 3.54. The highest BCUT2D eigenvalue weighted by molar-refractivity contribution is 6.00. The van der Waals surface area contributed by atoms with E-state index in [9.17, 15) is 9.59 Å². The van der Waals surface area contributed by atoms with Crippen LogP contribution in [0, 0.1) is 0 Å². The molecule has 0 atom stereocenters. The van der Waals surface area contributed by atoms with Gasteiger partial charge < -0.3 is 15.3 Å². The third kappa shape index (κ3) is 2.04. The van der Waals surface area contributed by atoms with Gasteiger partial charge in [-0.25, -0.2) is 4.79 Å². The van der Waals surface area contributed by atoms with Crippen LogP contribution in [0.3, 0.4) is 0 Å². The number of carbonyl (C=O) groups excluding carboxylic acids is 1. The van der Waals surface area contributed by atoms with Crippen molar-refractivity contribution in [2.45, 2.75) is 6.92 Å². The van der Waals surface area contributed by atoms with Gasteiger partial charge in [-0.1, -0.05) is 6.92 Å². The molecule has 16 heavy (non-hydrogen) atoms. The summed E-state index contributed by atoms with van der Waals surface area (Å²) in [6.45, 7) is 3.02. The van der Waals surface area contributed by atoms with Crippen molar-refractivity contribution in [3.63, 3.8) is 0 Å². The van der Waals surface area contributed by atoms with Crippen LogP contribution in [0.4, 0.5) is 0 Å². The van der Waals surface area contributed by atoms with Gasteiger partial charge in [0, 0.05) is 5.56 Å². The number of ketones is 1. The van der Waals surface area contributed by atoms with Crippen molar-refractivity contribution < 1.29 is 4.79 Å². The molecule has 1 heterocycles. The van der Waals surface area contributed by atoms with Crippen LogP contribution < -0.4 is 11.0 Å². The Morgan fingerprint density at radius 1 is 1.31 bits per heavy atom. The lowest BCUT2D eigenvalue weighted by Crippen LogP contribution is -2.22. The lowest BCUT2D eigenvalue weighted by molar-refractivity contribution is 0.0992. The number of carbonyl (C=O) groups is 1. The number of fused-ring (bicyclic) bond motifs is 1. The van der Waals surface area contributed by atoms with Gasteiger partial charge in [0.15, 0.2) is 5.78 Å². The van der Waals surface area contributed by atoms with Gasteiger partial charge >= 0.3 is 5.69 Å². The Morgan fingerprint density at radius 3 is 2.81 bits per heavy atom. The molecule has 3 N–H and O–H groups in total. The van der Waals surface area contributed by atoms with Crippen LogP contribution in [0.2, 0.25) is 0 Å². The Kier molecular flexibility index (Phi) is 2.87. The minimum absolute atomic E-state index is 0.0193. The second kappa shape index (κ2) is 4.32. The maximum Gasteiger partial charge on any atom is 0.323 e. The van der Waals surface area contributed by atoms with Crippen molar-refractivity contribution in [2.24, 2.45) is 0 Å². The molecule has 0 bridgehead atoms. The van der Waals surface area contributed by atoms with E-state index in [-0.39, 0.29) is 11.5 Å². The van der Waals surface area contributed by atoms with Crippen LogP contribution in [-0.2, 0) is 0 Å². The van der Waals surface area contributed by atoms with Crippen LogP contribution in [0.1, 0.15) is 17.3 Å². The Balaban J connectivity index is 2.31. The minimum atomic E-state index is -0.258. The normalized spacial score (nSPS) is 10.8. The Bertz CT molecular complexity index is 568. The highest BCUT2D eigenvalue weighted by Gasteiger charge is 2.06. The largest absolute Gasteiger partial charge is 0.323 e. The number of aromatic amines is 2. The predicted octanol–water partition coefficient (Wildman–Crippen LogP) is 0.648. The van der Waals surface area contributed by atoms with Crippen molar-refractivity contribution in [1.82, 2.24) is 15.3 Å². The van der Waals surface area contributed by atoms with Crippen LogP contribution in [0.15, 0.2) is 23.0 Å². The zero-order valence-corrected chi connectivity index (χ0v) is 8.96. The van der Waals surface area contributed by atoms with E-state index in [2.05, 4.69) is 15.3 Å². The number of imidazole rings is 1. The monoisotopic (exact) mass is 219 g/mol. The van der Waals surface area contributed by atoms with Crippen LogP contribution in [0.25, 0.3) is 11.0 Å². The quantitative estimate of drug-likeness (QED) is 0.661.